The molecule has 0 heterocycles. The van der Waals surface area contributed by atoms with Crippen LogP contribution in [0.2, 0.25) is 19.6 Å². The highest BCUT2D eigenvalue weighted by atomic mass is 28.3. The van der Waals surface area contributed by atoms with Gasteiger partial charge in [0.25, 0.3) is 0 Å². The van der Waals surface area contributed by atoms with E-state index in [1.54, 1.807) is 0 Å². The number of carbonyl (C=O) groups is 1. The van der Waals surface area contributed by atoms with E-state index in [1.807, 2.05) is 20.8 Å². The zero-order valence-electron chi connectivity index (χ0n) is 14.5. The van der Waals surface area contributed by atoms with Gasteiger partial charge in [-0.15, -0.1) is 0 Å². The molecule has 1 aromatic rings. The van der Waals surface area contributed by atoms with E-state index in [2.05, 4.69) is 61.1 Å². The molecule has 0 aliphatic rings. The van der Waals surface area contributed by atoms with Crippen LogP contribution in [0.4, 0.5) is 4.79 Å². The Bertz CT molecular complexity index is 554. The minimum atomic E-state index is -1.24. The molecule has 3 nitrogen and oxygen atoms in total. The zero-order chi connectivity index (χ0) is 16.8. The van der Waals surface area contributed by atoms with Crippen molar-refractivity contribution >= 4 is 19.4 Å². The summed E-state index contributed by atoms with van der Waals surface area (Å²) in [4.78, 5) is 11.4. The number of nitrogens with one attached hydrogen (secondary N) is 1. The van der Waals surface area contributed by atoms with Crippen molar-refractivity contribution in [3.8, 4) is 11.8 Å². The van der Waals surface area contributed by atoms with Gasteiger partial charge >= 0.3 is 6.09 Å². The van der Waals surface area contributed by atoms with Gasteiger partial charge in [0.15, 0.2) is 0 Å². The summed E-state index contributed by atoms with van der Waals surface area (Å²) in [5.74, 6) is 6.19. The van der Waals surface area contributed by atoms with Gasteiger partial charge in [0.1, 0.15) is 5.60 Å². The lowest BCUT2D eigenvalue weighted by atomic mass is 10.2. The van der Waals surface area contributed by atoms with E-state index >= 15 is 0 Å². The summed E-state index contributed by atoms with van der Waals surface area (Å²) in [7, 11) is -1.24. The summed E-state index contributed by atoms with van der Waals surface area (Å²) in [6.07, 6.45) is 0.212. The summed E-state index contributed by atoms with van der Waals surface area (Å²) < 4.78 is 5.15. The smallest absolute Gasteiger partial charge is 0.407 e. The molecule has 1 amide bonds. The van der Waals surface area contributed by atoms with E-state index < -0.39 is 19.8 Å². The number of alkyl carbamates (subject to hydrolysis) is 1. The molecule has 0 aromatic heterocycles. The molecule has 0 unspecified atom stereocenters. The van der Waals surface area contributed by atoms with Crippen molar-refractivity contribution < 1.29 is 9.53 Å². The molecule has 1 aromatic carbocycles. The lowest BCUT2D eigenvalue weighted by Crippen LogP contribution is -2.37. The van der Waals surface area contributed by atoms with Crippen molar-refractivity contribution in [2.75, 3.05) is 6.54 Å². The third-order valence-electron chi connectivity index (χ3n) is 2.90. The molecule has 0 fully saturated rings. The van der Waals surface area contributed by atoms with E-state index in [4.69, 9.17) is 4.74 Å². The number of rotatable bonds is 3. The number of ether oxygens (including phenoxy) is 1. The fourth-order valence-corrected chi connectivity index (χ4v) is 2.93. The third kappa shape index (κ3) is 7.33. The van der Waals surface area contributed by atoms with E-state index in [9.17, 15) is 4.79 Å². The first-order valence-corrected chi connectivity index (χ1v) is 11.1. The highest BCUT2D eigenvalue weighted by molar-refractivity contribution is 6.88. The van der Waals surface area contributed by atoms with Gasteiger partial charge in [-0.25, -0.2) is 4.79 Å². The molecule has 22 heavy (non-hydrogen) atoms. The van der Waals surface area contributed by atoms with Crippen LogP contribution in [0.5, 0.6) is 0 Å². The van der Waals surface area contributed by atoms with Gasteiger partial charge in [0.2, 0.25) is 0 Å². The molecule has 0 bridgehead atoms. The molecule has 0 aliphatic carbocycles. The van der Waals surface area contributed by atoms with Gasteiger partial charge < -0.3 is 10.1 Å². The van der Waals surface area contributed by atoms with E-state index in [0.717, 1.165) is 5.56 Å². The molecule has 1 N–H and O–H groups in total. The summed E-state index contributed by atoms with van der Waals surface area (Å²) in [5.41, 5.74) is 0.549. The summed E-state index contributed by atoms with van der Waals surface area (Å²) >= 11 is 0. The number of carbonyl (C=O) groups excluding carboxylic acids is 1. The highest BCUT2D eigenvalue weighted by Crippen LogP contribution is 2.06. The predicted molar refractivity (Wildman–Crippen MR) is 95.2 cm³/mol. The van der Waals surface area contributed by atoms with Crippen LogP contribution in [0.1, 0.15) is 32.8 Å². The Morgan fingerprint density at radius 2 is 1.77 bits per heavy atom. The first kappa shape index (κ1) is 18.3. The van der Waals surface area contributed by atoms with Gasteiger partial charge in [-0.05, 0) is 32.9 Å². The van der Waals surface area contributed by atoms with Crippen molar-refractivity contribution in [2.24, 2.45) is 0 Å². The number of benzene rings is 1. The largest absolute Gasteiger partial charge is 0.444 e. The van der Waals surface area contributed by atoms with E-state index in [-0.39, 0.29) is 0 Å². The molecule has 0 spiro atoms. The molecule has 4 heteroatoms. The van der Waals surface area contributed by atoms with Gasteiger partial charge in [0, 0.05) is 18.5 Å². The molecule has 0 saturated carbocycles. The number of hydrogen-bond acceptors (Lipinski definition) is 2. The Labute approximate surface area is 135 Å². The monoisotopic (exact) mass is 317 g/mol. The van der Waals surface area contributed by atoms with Gasteiger partial charge in [-0.1, -0.05) is 48.8 Å². The summed E-state index contributed by atoms with van der Waals surface area (Å²) in [6, 6.07) is 8.49. The highest BCUT2D eigenvalue weighted by Gasteiger charge is 2.16. The van der Waals surface area contributed by atoms with Crippen LogP contribution in [0.3, 0.4) is 0 Å². The Balaban J connectivity index is 2.41. The molecular formula is C18H27NO2Si. The number of amides is 1. The second-order valence-electron chi connectivity index (χ2n) is 7.31. The normalized spacial score (nSPS) is 11.4. The molecule has 0 aliphatic heterocycles. The van der Waals surface area contributed by atoms with Crippen LogP contribution < -0.4 is 10.5 Å². The van der Waals surface area contributed by atoms with Gasteiger partial charge in [-0.3, -0.25) is 0 Å². The first-order chi connectivity index (χ1) is 10.1. The van der Waals surface area contributed by atoms with Crippen molar-refractivity contribution in [1.82, 2.24) is 5.32 Å². The van der Waals surface area contributed by atoms with Crippen LogP contribution in [0.15, 0.2) is 24.3 Å². The summed E-state index contributed by atoms with van der Waals surface area (Å²) in [6.45, 7) is 13.0. The molecule has 120 valence electrons. The predicted octanol–water partition coefficient (Wildman–Crippen LogP) is 3.50. The van der Waals surface area contributed by atoms with Crippen LogP contribution in [-0.2, 0) is 4.74 Å². The van der Waals surface area contributed by atoms with E-state index in [1.165, 1.54) is 5.19 Å². The van der Waals surface area contributed by atoms with Crippen molar-refractivity contribution in [3.63, 3.8) is 0 Å². The molecule has 1 rings (SSSR count). The molecule has 0 radical (unpaired) electrons. The third-order valence-corrected chi connectivity index (χ3v) is 4.97. The molecule has 0 atom stereocenters. The Hall–Kier alpha value is -1.73. The Kier molecular flexibility index (Phi) is 6.25. The minimum Gasteiger partial charge on any atom is -0.444 e. The quantitative estimate of drug-likeness (QED) is 0.526. The maximum absolute atomic E-state index is 11.4. The average molecular weight is 318 g/mol. The van der Waals surface area contributed by atoms with Crippen molar-refractivity contribution in [3.05, 3.63) is 29.8 Å². The maximum atomic E-state index is 11.4. The second-order valence-corrected chi connectivity index (χ2v) is 12.4. The van der Waals surface area contributed by atoms with Crippen LogP contribution in [0.25, 0.3) is 0 Å². The van der Waals surface area contributed by atoms with Crippen LogP contribution >= 0.6 is 0 Å². The molecular weight excluding hydrogens is 290 g/mol. The first-order valence-electron chi connectivity index (χ1n) is 7.64. The SMILES string of the molecule is CC(C)(C)OC(=O)NCCC#Cc1ccc([Si](C)(C)C)cc1. The standard InChI is InChI=1S/C18H27NO2Si/c1-18(2,3)21-17(20)19-14-8-7-9-15-10-12-16(13-11-15)22(4,5)6/h10-13H,8,14H2,1-6H3,(H,19,20). The lowest BCUT2D eigenvalue weighted by molar-refractivity contribution is 0.0529. The minimum absolute atomic E-state index is 0.395. The Morgan fingerprint density at radius 1 is 1.18 bits per heavy atom. The maximum Gasteiger partial charge on any atom is 0.407 e. The lowest BCUT2D eigenvalue weighted by Gasteiger charge is -2.19. The van der Waals surface area contributed by atoms with Gasteiger partial charge in [-0.2, -0.15) is 0 Å². The van der Waals surface area contributed by atoms with E-state index in [0.29, 0.717) is 13.0 Å². The Morgan fingerprint density at radius 3 is 2.27 bits per heavy atom. The van der Waals surface area contributed by atoms with Crippen LogP contribution in [0, 0.1) is 11.8 Å². The van der Waals surface area contributed by atoms with Crippen LogP contribution in [-0.4, -0.2) is 26.3 Å². The second kappa shape index (κ2) is 7.51. The fourth-order valence-electron chi connectivity index (χ4n) is 1.76. The fraction of sp³-hybridized carbons (Fsp3) is 0.500. The van der Waals surface area contributed by atoms with Crippen molar-refractivity contribution in [2.45, 2.75) is 52.4 Å². The summed E-state index contributed by atoms with van der Waals surface area (Å²) in [5, 5.41) is 4.13. The van der Waals surface area contributed by atoms with Crippen molar-refractivity contribution in [1.29, 1.82) is 0 Å². The molecule has 0 saturated heterocycles. The average Bonchev–Trinajstić information content (AvgIpc) is 2.35. The van der Waals surface area contributed by atoms with Gasteiger partial charge in [0.05, 0.1) is 8.07 Å². The zero-order valence-corrected chi connectivity index (χ0v) is 15.5. The number of hydrogen-bond donors (Lipinski definition) is 1. The topological polar surface area (TPSA) is 38.3 Å².